The van der Waals surface area contributed by atoms with E-state index in [1.807, 2.05) is 60.7 Å². The van der Waals surface area contributed by atoms with Crippen LogP contribution in [0.3, 0.4) is 0 Å². The van der Waals surface area contributed by atoms with Gasteiger partial charge in [-0.05, 0) is 53.9 Å². The van der Waals surface area contributed by atoms with Gasteiger partial charge in [-0.1, -0.05) is 95.4 Å². The fraction of sp³-hybridized carbons (Fsp3) is 0.139. The first-order valence-corrected chi connectivity index (χ1v) is 17.3. The summed E-state index contributed by atoms with van der Waals surface area (Å²) in [6.07, 6.45) is 1.74. The molecule has 3 aromatic heterocycles. The van der Waals surface area contributed by atoms with E-state index in [1.165, 1.54) is 35.1 Å². The van der Waals surface area contributed by atoms with E-state index in [9.17, 15) is 14.7 Å². The van der Waals surface area contributed by atoms with Gasteiger partial charge in [0.25, 0.3) is 5.78 Å². The Morgan fingerprint density at radius 2 is 1.76 bits per heavy atom. The quantitative estimate of drug-likeness (QED) is 0.0503. The number of ether oxygens (including phenoxy) is 2. The number of benzene rings is 3. The number of amides is 1. The number of ketones is 1. The van der Waals surface area contributed by atoms with Crippen LogP contribution in [0.1, 0.15) is 34.1 Å². The zero-order valence-corrected chi connectivity index (χ0v) is 28.6. The zero-order chi connectivity index (χ0) is 34.1. The SMILES string of the molecule is COc1cc(C2C(=C(O)c3c(C)nc4ccccn34)C(=O)C(=O)N2c2nnc(SCc3ccccc3Cl)s2)ccc1OCc1ccccc1. The van der Waals surface area contributed by atoms with Crippen LogP contribution in [0, 0.1) is 6.92 Å². The van der Waals surface area contributed by atoms with Crippen LogP contribution in [0.15, 0.2) is 107 Å². The molecule has 1 aliphatic rings. The van der Waals surface area contributed by atoms with E-state index in [0.717, 1.165) is 11.1 Å². The summed E-state index contributed by atoms with van der Waals surface area (Å²) in [5, 5.41) is 21.4. The van der Waals surface area contributed by atoms with Crippen LogP contribution in [-0.2, 0) is 21.9 Å². The van der Waals surface area contributed by atoms with Gasteiger partial charge in [0.05, 0.1) is 24.4 Å². The van der Waals surface area contributed by atoms with Crippen LogP contribution in [0.5, 0.6) is 11.5 Å². The molecule has 0 saturated carbocycles. The molecule has 13 heteroatoms. The Morgan fingerprint density at radius 3 is 2.55 bits per heavy atom. The molecule has 0 radical (unpaired) electrons. The van der Waals surface area contributed by atoms with Gasteiger partial charge in [0, 0.05) is 17.0 Å². The number of pyridine rings is 1. The Balaban J connectivity index is 1.31. The van der Waals surface area contributed by atoms with Crippen LogP contribution in [0.2, 0.25) is 5.02 Å². The molecule has 1 aliphatic heterocycles. The molecule has 0 spiro atoms. The number of rotatable bonds is 10. The van der Waals surface area contributed by atoms with E-state index < -0.39 is 17.7 Å². The molecule has 1 saturated heterocycles. The second-order valence-electron chi connectivity index (χ2n) is 11.1. The van der Waals surface area contributed by atoms with Crippen molar-refractivity contribution in [1.82, 2.24) is 19.6 Å². The number of anilines is 1. The first-order valence-electron chi connectivity index (χ1n) is 15.1. The third-order valence-electron chi connectivity index (χ3n) is 8.02. The van der Waals surface area contributed by atoms with Crippen molar-refractivity contribution in [2.24, 2.45) is 0 Å². The average Bonchev–Trinajstić information content (AvgIpc) is 3.80. The molecule has 0 bridgehead atoms. The van der Waals surface area contributed by atoms with Crippen LogP contribution < -0.4 is 14.4 Å². The Labute approximate surface area is 294 Å². The highest BCUT2D eigenvalue weighted by molar-refractivity contribution is 8.00. The highest BCUT2D eigenvalue weighted by Crippen LogP contribution is 2.46. The number of hydrogen-bond donors (Lipinski definition) is 1. The minimum Gasteiger partial charge on any atom is -0.505 e. The van der Waals surface area contributed by atoms with Gasteiger partial charge in [0.15, 0.2) is 21.6 Å². The van der Waals surface area contributed by atoms with Gasteiger partial charge in [0.2, 0.25) is 5.13 Å². The molecule has 3 aromatic carbocycles. The highest BCUT2D eigenvalue weighted by atomic mass is 35.5. The topological polar surface area (TPSA) is 119 Å². The number of imidazole rings is 1. The predicted molar refractivity (Wildman–Crippen MR) is 189 cm³/mol. The summed E-state index contributed by atoms with van der Waals surface area (Å²) < 4.78 is 14.1. The minimum absolute atomic E-state index is 0.112. The zero-order valence-electron chi connectivity index (χ0n) is 26.2. The molecule has 1 amide bonds. The Morgan fingerprint density at radius 1 is 0.980 bits per heavy atom. The fourth-order valence-corrected chi connectivity index (χ4v) is 7.85. The number of methoxy groups -OCH3 is 1. The first kappa shape index (κ1) is 32.4. The number of nitrogens with zero attached hydrogens (tertiary/aromatic N) is 5. The summed E-state index contributed by atoms with van der Waals surface area (Å²) in [5.41, 5.74) is 3.67. The van der Waals surface area contributed by atoms with E-state index in [4.69, 9.17) is 21.1 Å². The summed E-state index contributed by atoms with van der Waals surface area (Å²) in [6, 6.07) is 26.7. The maximum Gasteiger partial charge on any atom is 0.301 e. The van der Waals surface area contributed by atoms with Crippen molar-refractivity contribution in [1.29, 1.82) is 0 Å². The summed E-state index contributed by atoms with van der Waals surface area (Å²) in [4.78, 5) is 33.7. The smallest absolute Gasteiger partial charge is 0.301 e. The number of aryl methyl sites for hydroxylation is 1. The molecule has 1 fully saturated rings. The van der Waals surface area contributed by atoms with Crippen molar-refractivity contribution in [3.05, 3.63) is 136 Å². The van der Waals surface area contributed by atoms with E-state index in [2.05, 4.69) is 15.2 Å². The van der Waals surface area contributed by atoms with Gasteiger partial charge in [0.1, 0.15) is 17.9 Å². The van der Waals surface area contributed by atoms with E-state index in [0.29, 0.717) is 55.8 Å². The van der Waals surface area contributed by atoms with Crippen molar-refractivity contribution in [2.75, 3.05) is 12.0 Å². The second-order valence-corrected chi connectivity index (χ2v) is 13.6. The van der Waals surface area contributed by atoms with Crippen molar-refractivity contribution >= 4 is 62.9 Å². The van der Waals surface area contributed by atoms with Crippen molar-refractivity contribution in [2.45, 2.75) is 29.7 Å². The molecular weight excluding hydrogens is 682 g/mol. The number of fused-ring (bicyclic) bond motifs is 1. The van der Waals surface area contributed by atoms with Gasteiger partial charge >= 0.3 is 5.91 Å². The normalized spacial score (nSPS) is 15.7. The molecule has 246 valence electrons. The van der Waals surface area contributed by atoms with Gasteiger partial charge in [-0.15, -0.1) is 10.2 Å². The number of aliphatic hydroxyl groups is 1. The minimum atomic E-state index is -1.07. The number of aromatic nitrogens is 4. The van der Waals surface area contributed by atoms with Crippen LogP contribution in [0.25, 0.3) is 11.4 Å². The molecule has 4 heterocycles. The van der Waals surface area contributed by atoms with Gasteiger partial charge in [-0.3, -0.25) is 18.9 Å². The first-order chi connectivity index (χ1) is 23.8. The van der Waals surface area contributed by atoms with Crippen molar-refractivity contribution in [3.8, 4) is 11.5 Å². The molecule has 1 N–H and O–H groups in total. The number of hydrogen-bond acceptors (Lipinski definition) is 10. The summed E-state index contributed by atoms with van der Waals surface area (Å²) in [7, 11) is 1.51. The molecule has 49 heavy (non-hydrogen) atoms. The fourth-order valence-electron chi connectivity index (χ4n) is 5.69. The summed E-state index contributed by atoms with van der Waals surface area (Å²) in [5.74, 6) is -0.677. The Kier molecular flexibility index (Phi) is 9.09. The maximum atomic E-state index is 13.9. The van der Waals surface area contributed by atoms with Crippen LogP contribution in [0.4, 0.5) is 5.13 Å². The number of Topliss-reactive ketones (excluding diaryl/α,β-unsaturated/α-hetero) is 1. The lowest BCUT2D eigenvalue weighted by atomic mass is 9.96. The van der Waals surface area contributed by atoms with Gasteiger partial charge in [-0.2, -0.15) is 0 Å². The van der Waals surface area contributed by atoms with E-state index in [-0.39, 0.29) is 16.5 Å². The van der Waals surface area contributed by atoms with Crippen LogP contribution >= 0.6 is 34.7 Å². The standard InChI is InChI=1S/C36H28ClN5O5S2/c1-21-30(41-17-9-8-14-28(41)38-21)32(43)29-31(23-15-16-26(27(18-23)46-2)47-19-22-10-4-3-5-11-22)42(34(45)33(29)44)35-39-40-36(49-35)48-20-24-12-6-7-13-25(24)37/h3-18,31,43H,19-20H2,1-2H3. The second kappa shape index (κ2) is 13.7. The molecule has 6 aromatic rings. The Bertz CT molecular complexity index is 2240. The maximum absolute atomic E-state index is 13.9. The molecule has 7 rings (SSSR count). The molecule has 1 atom stereocenters. The number of halogens is 1. The lowest BCUT2D eigenvalue weighted by Gasteiger charge is -2.23. The largest absolute Gasteiger partial charge is 0.505 e. The molecule has 1 unspecified atom stereocenters. The predicted octanol–water partition coefficient (Wildman–Crippen LogP) is 7.65. The van der Waals surface area contributed by atoms with Crippen molar-refractivity contribution < 1.29 is 24.2 Å². The third kappa shape index (κ3) is 6.26. The third-order valence-corrected chi connectivity index (χ3v) is 10.5. The number of thioether (sulfide) groups is 1. The lowest BCUT2D eigenvalue weighted by Crippen LogP contribution is -2.29. The molecule has 0 aliphatic carbocycles. The van der Waals surface area contributed by atoms with E-state index >= 15 is 0 Å². The van der Waals surface area contributed by atoms with Crippen molar-refractivity contribution in [3.63, 3.8) is 0 Å². The lowest BCUT2D eigenvalue weighted by molar-refractivity contribution is -0.132. The Hall–Kier alpha value is -5.17. The van der Waals surface area contributed by atoms with E-state index in [1.54, 1.807) is 47.9 Å². The number of aliphatic hydroxyl groups excluding tert-OH is 1. The van der Waals surface area contributed by atoms with Gasteiger partial charge in [-0.25, -0.2) is 4.98 Å². The number of carbonyl (C=O) groups is 2. The van der Waals surface area contributed by atoms with Gasteiger partial charge < -0.3 is 14.6 Å². The number of carbonyl (C=O) groups excluding carboxylic acids is 2. The highest BCUT2D eigenvalue weighted by Gasteiger charge is 2.49. The monoisotopic (exact) mass is 709 g/mol. The summed E-state index contributed by atoms with van der Waals surface area (Å²) >= 11 is 8.94. The molecule has 10 nitrogen and oxygen atoms in total. The summed E-state index contributed by atoms with van der Waals surface area (Å²) in [6.45, 7) is 2.05. The van der Waals surface area contributed by atoms with Crippen LogP contribution in [-0.4, -0.2) is 43.5 Å². The molecular formula is C36H28ClN5O5S2. The average molecular weight is 710 g/mol.